The van der Waals surface area contributed by atoms with E-state index in [1.54, 1.807) is 25.1 Å². The minimum atomic E-state index is -0.706. The molecule has 1 aromatic rings. The summed E-state index contributed by atoms with van der Waals surface area (Å²) >= 11 is 11.9. The van der Waals surface area contributed by atoms with Crippen LogP contribution in [0.5, 0.6) is 0 Å². The standard InChI is InChI=1S/C16H21Cl2N3O2.ClH/c1-9(14(22)21-16(2,8-19)10-6-7-10)20-15(23)11-4-3-5-12(17)13(11)18;/h3-5,9-10H,6-8,19H2,1-2H3,(H,20,23)(H,21,22);1H. The van der Waals surface area contributed by atoms with Crippen molar-refractivity contribution in [2.45, 2.75) is 38.3 Å². The van der Waals surface area contributed by atoms with E-state index in [9.17, 15) is 9.59 Å². The van der Waals surface area contributed by atoms with Gasteiger partial charge in [-0.25, -0.2) is 0 Å². The van der Waals surface area contributed by atoms with Crippen LogP contribution in [-0.2, 0) is 4.79 Å². The van der Waals surface area contributed by atoms with Crippen molar-refractivity contribution in [3.63, 3.8) is 0 Å². The Balaban J connectivity index is 0.00000288. The van der Waals surface area contributed by atoms with Gasteiger partial charge in [-0.3, -0.25) is 9.59 Å². The van der Waals surface area contributed by atoms with Gasteiger partial charge >= 0.3 is 0 Å². The number of nitrogens with one attached hydrogen (secondary N) is 2. The van der Waals surface area contributed by atoms with E-state index in [0.717, 1.165) is 12.8 Å². The molecular formula is C16H22Cl3N3O2. The topological polar surface area (TPSA) is 84.2 Å². The third-order valence-electron chi connectivity index (χ3n) is 4.25. The summed E-state index contributed by atoms with van der Waals surface area (Å²) < 4.78 is 0. The molecule has 1 aromatic carbocycles. The Bertz CT molecular complexity index is 623. The molecule has 0 spiro atoms. The van der Waals surface area contributed by atoms with Crippen LogP contribution in [0, 0.1) is 5.92 Å². The highest BCUT2D eigenvalue weighted by atomic mass is 35.5. The van der Waals surface area contributed by atoms with E-state index in [0.29, 0.717) is 17.5 Å². The molecule has 1 aliphatic rings. The summed E-state index contributed by atoms with van der Waals surface area (Å²) in [5.74, 6) is -0.306. The molecule has 5 nitrogen and oxygen atoms in total. The van der Waals surface area contributed by atoms with Crippen LogP contribution in [0.3, 0.4) is 0 Å². The van der Waals surface area contributed by atoms with Crippen molar-refractivity contribution in [3.05, 3.63) is 33.8 Å². The summed E-state index contributed by atoms with van der Waals surface area (Å²) in [6.07, 6.45) is 2.12. The lowest BCUT2D eigenvalue weighted by Crippen LogP contribution is -2.57. The summed E-state index contributed by atoms with van der Waals surface area (Å²) in [6, 6.07) is 4.08. The molecule has 0 aliphatic heterocycles. The van der Waals surface area contributed by atoms with E-state index in [2.05, 4.69) is 10.6 Å². The van der Waals surface area contributed by atoms with Crippen molar-refractivity contribution < 1.29 is 9.59 Å². The number of amides is 2. The second-order valence-corrected chi connectivity index (χ2v) is 6.97. The average Bonchev–Trinajstić information content (AvgIpc) is 3.34. The Morgan fingerprint density at radius 3 is 2.54 bits per heavy atom. The fourth-order valence-electron chi connectivity index (χ4n) is 2.45. The van der Waals surface area contributed by atoms with Gasteiger partial charge in [0, 0.05) is 6.54 Å². The quantitative estimate of drug-likeness (QED) is 0.693. The van der Waals surface area contributed by atoms with Gasteiger partial charge < -0.3 is 16.4 Å². The summed E-state index contributed by atoms with van der Waals surface area (Å²) in [4.78, 5) is 24.6. The van der Waals surface area contributed by atoms with Crippen LogP contribution in [0.4, 0.5) is 0 Å². The molecule has 0 saturated heterocycles. The Morgan fingerprint density at radius 2 is 2.00 bits per heavy atom. The first-order valence-corrected chi connectivity index (χ1v) is 8.31. The van der Waals surface area contributed by atoms with E-state index >= 15 is 0 Å². The molecule has 1 saturated carbocycles. The number of hydrogen-bond donors (Lipinski definition) is 3. The minimum absolute atomic E-state index is 0. The van der Waals surface area contributed by atoms with Gasteiger partial charge in [0.05, 0.1) is 21.1 Å². The molecule has 2 atom stereocenters. The maximum atomic E-state index is 12.3. The monoisotopic (exact) mass is 393 g/mol. The van der Waals surface area contributed by atoms with E-state index in [-0.39, 0.29) is 28.9 Å². The summed E-state index contributed by atoms with van der Waals surface area (Å²) in [6.45, 7) is 3.92. The van der Waals surface area contributed by atoms with Gasteiger partial charge in [-0.1, -0.05) is 29.3 Å². The Hall–Kier alpha value is -1.01. The lowest BCUT2D eigenvalue weighted by molar-refractivity contribution is -0.124. The molecule has 1 fully saturated rings. The average molecular weight is 395 g/mol. The molecule has 2 unspecified atom stereocenters. The molecule has 0 bridgehead atoms. The zero-order chi connectivity index (χ0) is 17.2. The highest BCUT2D eigenvalue weighted by Crippen LogP contribution is 2.39. The Kier molecular flexibility index (Phi) is 7.35. The maximum Gasteiger partial charge on any atom is 0.253 e. The third kappa shape index (κ3) is 4.76. The number of carbonyl (C=O) groups is 2. The first kappa shape index (κ1) is 21.0. The Morgan fingerprint density at radius 1 is 1.38 bits per heavy atom. The first-order chi connectivity index (χ1) is 10.8. The van der Waals surface area contributed by atoms with E-state index in [4.69, 9.17) is 28.9 Å². The fraction of sp³-hybridized carbons (Fsp3) is 0.500. The van der Waals surface area contributed by atoms with Crippen molar-refractivity contribution in [2.24, 2.45) is 11.7 Å². The van der Waals surface area contributed by atoms with Crippen LogP contribution < -0.4 is 16.4 Å². The number of halogens is 3. The summed E-state index contributed by atoms with van der Waals surface area (Å²) in [5, 5.41) is 6.05. The molecule has 134 valence electrons. The summed E-state index contributed by atoms with van der Waals surface area (Å²) in [5.41, 5.74) is 5.60. The second kappa shape index (κ2) is 8.39. The molecule has 4 N–H and O–H groups in total. The molecule has 0 radical (unpaired) electrons. The molecule has 0 aromatic heterocycles. The van der Waals surface area contributed by atoms with Gasteiger partial charge in [-0.2, -0.15) is 0 Å². The number of benzene rings is 1. The molecule has 0 heterocycles. The predicted molar refractivity (Wildman–Crippen MR) is 99.0 cm³/mol. The fourth-order valence-corrected chi connectivity index (χ4v) is 2.84. The highest BCUT2D eigenvalue weighted by molar-refractivity contribution is 6.43. The lowest BCUT2D eigenvalue weighted by Gasteiger charge is -2.31. The van der Waals surface area contributed by atoms with Gasteiger partial charge in [0.25, 0.3) is 5.91 Å². The molecule has 1 aliphatic carbocycles. The molecule has 8 heteroatoms. The zero-order valence-electron chi connectivity index (χ0n) is 13.6. The lowest BCUT2D eigenvalue weighted by atomic mass is 9.95. The number of nitrogens with two attached hydrogens (primary N) is 1. The molecular weight excluding hydrogens is 373 g/mol. The second-order valence-electron chi connectivity index (χ2n) is 6.18. The number of carbonyl (C=O) groups excluding carboxylic acids is 2. The highest BCUT2D eigenvalue weighted by Gasteiger charge is 2.42. The van der Waals surface area contributed by atoms with Crippen molar-refractivity contribution in [2.75, 3.05) is 6.54 Å². The smallest absolute Gasteiger partial charge is 0.253 e. The largest absolute Gasteiger partial charge is 0.348 e. The van der Waals surface area contributed by atoms with E-state index in [1.165, 1.54) is 0 Å². The summed E-state index contributed by atoms with van der Waals surface area (Å²) in [7, 11) is 0. The van der Waals surface area contributed by atoms with Crippen LogP contribution in [-0.4, -0.2) is 29.9 Å². The van der Waals surface area contributed by atoms with Crippen molar-refractivity contribution >= 4 is 47.4 Å². The van der Waals surface area contributed by atoms with Crippen molar-refractivity contribution in [1.82, 2.24) is 10.6 Å². The van der Waals surface area contributed by atoms with Gasteiger partial charge in [0.15, 0.2) is 0 Å². The predicted octanol–water partition coefficient (Wildman–Crippen LogP) is 2.78. The molecule has 2 rings (SSSR count). The van der Waals surface area contributed by atoms with Gasteiger partial charge in [-0.15, -0.1) is 12.4 Å². The van der Waals surface area contributed by atoms with Crippen LogP contribution in [0.25, 0.3) is 0 Å². The Labute approximate surface area is 158 Å². The SMILES string of the molecule is CC(NC(=O)c1cccc(Cl)c1Cl)C(=O)NC(C)(CN)C1CC1.Cl. The first-order valence-electron chi connectivity index (χ1n) is 7.55. The van der Waals surface area contributed by atoms with Crippen LogP contribution >= 0.6 is 35.6 Å². The van der Waals surface area contributed by atoms with Gasteiger partial charge in [0.1, 0.15) is 6.04 Å². The van der Waals surface area contributed by atoms with Crippen LogP contribution in [0.15, 0.2) is 18.2 Å². The zero-order valence-corrected chi connectivity index (χ0v) is 15.9. The normalized spacial score (nSPS) is 17.2. The maximum absolute atomic E-state index is 12.3. The molecule has 24 heavy (non-hydrogen) atoms. The minimum Gasteiger partial charge on any atom is -0.348 e. The number of hydrogen-bond acceptors (Lipinski definition) is 3. The van der Waals surface area contributed by atoms with E-state index in [1.807, 2.05) is 6.92 Å². The third-order valence-corrected chi connectivity index (χ3v) is 5.07. The van der Waals surface area contributed by atoms with E-state index < -0.39 is 17.5 Å². The van der Waals surface area contributed by atoms with Crippen LogP contribution in [0.2, 0.25) is 10.0 Å². The van der Waals surface area contributed by atoms with Crippen molar-refractivity contribution in [3.8, 4) is 0 Å². The van der Waals surface area contributed by atoms with Gasteiger partial charge in [0.2, 0.25) is 5.91 Å². The van der Waals surface area contributed by atoms with Crippen LogP contribution in [0.1, 0.15) is 37.0 Å². The number of rotatable bonds is 6. The van der Waals surface area contributed by atoms with Gasteiger partial charge in [-0.05, 0) is 44.7 Å². The molecule has 2 amide bonds. The van der Waals surface area contributed by atoms with Crippen molar-refractivity contribution in [1.29, 1.82) is 0 Å².